The molecule has 1 aromatic rings. The van der Waals surface area contributed by atoms with Crippen molar-refractivity contribution < 1.29 is 9.18 Å². The average Bonchev–Trinajstić information content (AvgIpc) is 3.36. The maximum atomic E-state index is 14.8. The highest BCUT2D eigenvalue weighted by Gasteiger charge is 2.46. The number of carbonyl (C=O) groups is 1. The van der Waals surface area contributed by atoms with Crippen molar-refractivity contribution in [1.29, 1.82) is 0 Å². The highest BCUT2D eigenvalue weighted by Crippen LogP contribution is 2.50. The third kappa shape index (κ3) is 2.79. The Labute approximate surface area is 141 Å². The van der Waals surface area contributed by atoms with Gasteiger partial charge >= 0.3 is 0 Å². The number of aromatic nitrogens is 2. The third-order valence-electron chi connectivity index (χ3n) is 6.17. The van der Waals surface area contributed by atoms with Gasteiger partial charge in [-0.25, -0.2) is 14.4 Å². The zero-order chi connectivity index (χ0) is 16.1. The molecule has 2 atom stereocenters. The van der Waals surface area contributed by atoms with E-state index < -0.39 is 0 Å². The molecule has 4 fully saturated rings. The van der Waals surface area contributed by atoms with Crippen molar-refractivity contribution in [2.75, 3.05) is 0 Å². The van der Waals surface area contributed by atoms with Crippen LogP contribution in [-0.4, -0.2) is 15.8 Å². The predicted molar refractivity (Wildman–Crippen MR) is 85.8 cm³/mol. The summed E-state index contributed by atoms with van der Waals surface area (Å²) in [6.45, 7) is 1.69. The fourth-order valence-corrected chi connectivity index (χ4v) is 5.16. The Bertz CT molecular complexity index is 638. The van der Waals surface area contributed by atoms with Crippen molar-refractivity contribution in [2.45, 2.75) is 57.8 Å². The minimum atomic E-state index is -0.277. The molecule has 5 heteroatoms. The maximum absolute atomic E-state index is 14.8. The first-order valence-corrected chi connectivity index (χ1v) is 9.14. The van der Waals surface area contributed by atoms with E-state index in [9.17, 15) is 9.18 Å². The zero-order valence-electron chi connectivity index (χ0n) is 13.4. The number of halogens is 2. The van der Waals surface area contributed by atoms with Crippen LogP contribution in [0.4, 0.5) is 4.39 Å². The Hall–Kier alpha value is -1.03. The molecule has 23 heavy (non-hydrogen) atoms. The quantitative estimate of drug-likeness (QED) is 0.768. The molecule has 5 rings (SSSR count). The number of nitrogens with zero attached hydrogens (tertiary/aromatic N) is 2. The van der Waals surface area contributed by atoms with E-state index in [0.717, 1.165) is 38.5 Å². The van der Waals surface area contributed by atoms with E-state index in [-0.39, 0.29) is 34.6 Å². The van der Waals surface area contributed by atoms with E-state index in [4.69, 9.17) is 11.6 Å². The van der Waals surface area contributed by atoms with Crippen molar-refractivity contribution in [1.82, 2.24) is 9.97 Å². The minimum absolute atomic E-state index is 0.0695. The largest absolute Gasteiger partial charge is 0.300 e. The summed E-state index contributed by atoms with van der Waals surface area (Å²) in [5.74, 6) is 1.47. The SMILES string of the molecule is CC(=O)[C@H]1C2CCC(CC2)[C@@H]1Cc1nc(Cl)nc(C2CC2)c1F. The third-order valence-corrected chi connectivity index (χ3v) is 6.34. The lowest BCUT2D eigenvalue weighted by Crippen LogP contribution is -2.44. The molecule has 0 aliphatic heterocycles. The Balaban J connectivity index is 1.65. The van der Waals surface area contributed by atoms with E-state index in [1.54, 1.807) is 6.92 Å². The van der Waals surface area contributed by atoms with Crippen molar-refractivity contribution in [3.05, 3.63) is 22.5 Å². The van der Waals surface area contributed by atoms with Crippen LogP contribution < -0.4 is 0 Å². The molecule has 0 radical (unpaired) electrons. The number of ketones is 1. The summed E-state index contributed by atoms with van der Waals surface area (Å²) in [5.41, 5.74) is 0.913. The minimum Gasteiger partial charge on any atom is -0.300 e. The molecule has 4 aliphatic rings. The molecule has 3 nitrogen and oxygen atoms in total. The van der Waals surface area contributed by atoms with Crippen LogP contribution in [0.5, 0.6) is 0 Å². The second kappa shape index (κ2) is 5.80. The summed E-state index contributed by atoms with van der Waals surface area (Å²) >= 11 is 6.03. The van der Waals surface area contributed by atoms with Crippen molar-refractivity contribution in [3.8, 4) is 0 Å². The predicted octanol–water partition coefficient (Wildman–Crippen LogP) is 4.33. The second-order valence-electron chi connectivity index (χ2n) is 7.59. The normalized spacial score (nSPS) is 33.0. The van der Waals surface area contributed by atoms with Gasteiger partial charge in [0.25, 0.3) is 0 Å². The van der Waals surface area contributed by atoms with Gasteiger partial charge in [-0.15, -0.1) is 0 Å². The summed E-state index contributed by atoms with van der Waals surface area (Å²) in [6.07, 6.45) is 7.10. The topological polar surface area (TPSA) is 42.9 Å². The Morgan fingerprint density at radius 2 is 1.78 bits per heavy atom. The van der Waals surface area contributed by atoms with Crippen LogP contribution >= 0.6 is 11.6 Å². The van der Waals surface area contributed by atoms with Crippen LogP contribution in [0.1, 0.15) is 62.8 Å². The van der Waals surface area contributed by atoms with Gasteiger partial charge in [-0.3, -0.25) is 4.79 Å². The first kappa shape index (κ1) is 15.5. The van der Waals surface area contributed by atoms with Crippen molar-refractivity contribution >= 4 is 17.4 Å². The van der Waals surface area contributed by atoms with Gasteiger partial charge in [0.15, 0.2) is 5.82 Å². The molecule has 1 aromatic heterocycles. The van der Waals surface area contributed by atoms with Crippen molar-refractivity contribution in [2.24, 2.45) is 23.7 Å². The Kier molecular flexibility index (Phi) is 3.91. The molecule has 0 saturated heterocycles. The molecular formula is C18H22ClFN2O. The summed E-state index contributed by atoms with van der Waals surface area (Å²) in [4.78, 5) is 20.5. The standard InChI is InChI=1S/C18H22ClFN2O/c1-9(23)15-11-4-2-10(3-5-11)13(15)8-14-16(20)17(12-6-7-12)22-18(19)21-14/h10-13,15H,2-8H2,1H3/t10?,11?,13-,15-/m0/s1. The molecule has 0 spiro atoms. The fourth-order valence-electron chi connectivity index (χ4n) is 4.97. The summed E-state index contributed by atoms with van der Waals surface area (Å²) in [7, 11) is 0. The van der Waals surface area contributed by atoms with E-state index in [0.29, 0.717) is 29.6 Å². The van der Waals surface area contributed by atoms with Crippen LogP contribution in [0.15, 0.2) is 0 Å². The van der Waals surface area contributed by atoms with Gasteiger partial charge in [0.1, 0.15) is 5.78 Å². The molecule has 4 saturated carbocycles. The average molecular weight is 337 g/mol. The van der Waals surface area contributed by atoms with E-state index in [1.165, 1.54) is 0 Å². The van der Waals surface area contributed by atoms with E-state index in [1.807, 2.05) is 0 Å². The fraction of sp³-hybridized carbons (Fsp3) is 0.722. The second-order valence-corrected chi connectivity index (χ2v) is 7.93. The number of hydrogen-bond acceptors (Lipinski definition) is 3. The number of fused-ring (bicyclic) bond motifs is 3. The Morgan fingerprint density at radius 1 is 1.13 bits per heavy atom. The van der Waals surface area contributed by atoms with Crippen LogP contribution in [0.3, 0.4) is 0 Å². The lowest BCUT2D eigenvalue weighted by atomic mass is 9.56. The first-order chi connectivity index (χ1) is 11.0. The molecule has 0 N–H and O–H groups in total. The summed E-state index contributed by atoms with van der Waals surface area (Å²) < 4.78 is 14.8. The van der Waals surface area contributed by atoms with Gasteiger partial charge in [-0.1, -0.05) is 0 Å². The van der Waals surface area contributed by atoms with Crippen LogP contribution in [0.2, 0.25) is 5.28 Å². The molecule has 1 heterocycles. The molecule has 0 unspecified atom stereocenters. The van der Waals surface area contributed by atoms with Gasteiger partial charge in [0.05, 0.1) is 11.4 Å². The van der Waals surface area contributed by atoms with Crippen LogP contribution in [-0.2, 0) is 11.2 Å². The van der Waals surface area contributed by atoms with E-state index in [2.05, 4.69) is 9.97 Å². The van der Waals surface area contributed by atoms with Crippen molar-refractivity contribution in [3.63, 3.8) is 0 Å². The number of carbonyl (C=O) groups excluding carboxylic acids is 1. The molecule has 2 bridgehead atoms. The highest BCUT2D eigenvalue weighted by atomic mass is 35.5. The zero-order valence-corrected chi connectivity index (χ0v) is 14.2. The molecule has 0 aromatic carbocycles. The van der Waals surface area contributed by atoms with Gasteiger partial charge in [-0.05, 0) is 81.2 Å². The maximum Gasteiger partial charge on any atom is 0.223 e. The lowest BCUT2D eigenvalue weighted by Gasteiger charge is -2.47. The van der Waals surface area contributed by atoms with Gasteiger partial charge in [0, 0.05) is 11.8 Å². The van der Waals surface area contributed by atoms with Gasteiger partial charge in [0.2, 0.25) is 5.28 Å². The van der Waals surface area contributed by atoms with Gasteiger partial charge < -0.3 is 0 Å². The highest BCUT2D eigenvalue weighted by molar-refractivity contribution is 6.28. The number of Topliss-reactive ketones (excluding diaryl/α,β-unsaturated/α-hetero) is 1. The molecule has 124 valence electrons. The number of rotatable bonds is 4. The lowest BCUT2D eigenvalue weighted by molar-refractivity contribution is -0.130. The van der Waals surface area contributed by atoms with Crippen LogP contribution in [0, 0.1) is 29.5 Å². The Morgan fingerprint density at radius 3 is 2.39 bits per heavy atom. The van der Waals surface area contributed by atoms with Gasteiger partial charge in [-0.2, -0.15) is 0 Å². The molecule has 0 amide bonds. The molecule has 4 aliphatic carbocycles. The monoisotopic (exact) mass is 336 g/mol. The van der Waals surface area contributed by atoms with E-state index >= 15 is 0 Å². The summed E-state index contributed by atoms with van der Waals surface area (Å²) in [5, 5.41) is 0.142. The summed E-state index contributed by atoms with van der Waals surface area (Å²) in [6, 6.07) is 0. The smallest absolute Gasteiger partial charge is 0.223 e. The van der Waals surface area contributed by atoms with Crippen LogP contribution in [0.25, 0.3) is 0 Å². The number of hydrogen-bond donors (Lipinski definition) is 0. The first-order valence-electron chi connectivity index (χ1n) is 8.77. The molecular weight excluding hydrogens is 315 g/mol.